The molecule has 0 aliphatic carbocycles. The number of nitrogens with zero attached hydrogens (tertiary/aromatic N) is 2. The normalized spacial score (nSPS) is 11.8. The lowest BCUT2D eigenvalue weighted by Gasteiger charge is -2.25. The van der Waals surface area contributed by atoms with Crippen LogP contribution in [0.1, 0.15) is 19.4 Å². The molecule has 2 heterocycles. The molecule has 5 heteroatoms. The third-order valence-electron chi connectivity index (χ3n) is 2.93. The van der Waals surface area contributed by atoms with Crippen molar-refractivity contribution in [3.63, 3.8) is 0 Å². The Hall–Kier alpha value is -1.88. The average molecular weight is 261 g/mol. The maximum Gasteiger partial charge on any atom is 0.226 e. The number of carbonyl (C=O) groups is 1. The van der Waals surface area contributed by atoms with E-state index < -0.39 is 5.60 Å². The van der Waals surface area contributed by atoms with Crippen molar-refractivity contribution in [1.29, 1.82) is 0 Å². The molecule has 2 rings (SSSR count). The van der Waals surface area contributed by atoms with Gasteiger partial charge in [-0.05, 0) is 31.5 Å². The topological polar surface area (TPSA) is 69.2 Å². The standard InChI is InChI=1S/C14H19N3O2/c1-14(2,19)9-17(3)12(18)7-10-8-16-13-11(10)5-4-6-15-13/h4-6,8,19H,7,9H2,1-3H3,(H,15,16). The molecule has 19 heavy (non-hydrogen) atoms. The van der Waals surface area contributed by atoms with E-state index in [0.717, 1.165) is 16.6 Å². The number of likely N-dealkylation sites (N-methyl/N-ethyl adjacent to an activating group) is 1. The van der Waals surface area contributed by atoms with Crippen LogP contribution in [0.15, 0.2) is 24.5 Å². The van der Waals surface area contributed by atoms with Crippen molar-refractivity contribution < 1.29 is 9.90 Å². The summed E-state index contributed by atoms with van der Waals surface area (Å²) >= 11 is 0. The number of fused-ring (bicyclic) bond motifs is 1. The lowest BCUT2D eigenvalue weighted by atomic mass is 10.1. The van der Waals surface area contributed by atoms with Crippen LogP contribution < -0.4 is 0 Å². The van der Waals surface area contributed by atoms with E-state index in [2.05, 4.69) is 9.97 Å². The number of aromatic nitrogens is 2. The maximum absolute atomic E-state index is 12.1. The van der Waals surface area contributed by atoms with E-state index in [4.69, 9.17) is 0 Å². The van der Waals surface area contributed by atoms with Crippen LogP contribution in [0.4, 0.5) is 0 Å². The summed E-state index contributed by atoms with van der Waals surface area (Å²) in [5.74, 6) is -0.0214. The first-order chi connectivity index (χ1) is 8.87. The zero-order valence-electron chi connectivity index (χ0n) is 11.5. The Bertz CT molecular complexity index is 584. The van der Waals surface area contributed by atoms with Crippen LogP contribution in [0.5, 0.6) is 0 Å². The van der Waals surface area contributed by atoms with Crippen molar-refractivity contribution in [2.45, 2.75) is 25.9 Å². The van der Waals surface area contributed by atoms with Gasteiger partial charge in [0.25, 0.3) is 0 Å². The highest BCUT2D eigenvalue weighted by molar-refractivity contribution is 5.87. The fraction of sp³-hybridized carbons (Fsp3) is 0.429. The van der Waals surface area contributed by atoms with Crippen molar-refractivity contribution in [1.82, 2.24) is 14.9 Å². The summed E-state index contributed by atoms with van der Waals surface area (Å²) in [6.07, 6.45) is 3.83. The molecule has 0 bridgehead atoms. The maximum atomic E-state index is 12.1. The van der Waals surface area contributed by atoms with Gasteiger partial charge in [-0.2, -0.15) is 0 Å². The van der Waals surface area contributed by atoms with Gasteiger partial charge < -0.3 is 15.0 Å². The van der Waals surface area contributed by atoms with Gasteiger partial charge in [0.05, 0.1) is 12.0 Å². The Kier molecular flexibility index (Phi) is 3.57. The monoisotopic (exact) mass is 261 g/mol. The Morgan fingerprint density at radius 3 is 2.95 bits per heavy atom. The highest BCUT2D eigenvalue weighted by Gasteiger charge is 2.20. The van der Waals surface area contributed by atoms with Crippen molar-refractivity contribution >= 4 is 16.9 Å². The van der Waals surface area contributed by atoms with Gasteiger partial charge in [-0.15, -0.1) is 0 Å². The van der Waals surface area contributed by atoms with Gasteiger partial charge in [0, 0.05) is 31.4 Å². The van der Waals surface area contributed by atoms with E-state index in [1.165, 1.54) is 0 Å². The van der Waals surface area contributed by atoms with Crippen molar-refractivity contribution in [2.75, 3.05) is 13.6 Å². The molecule has 0 unspecified atom stereocenters. The van der Waals surface area contributed by atoms with Gasteiger partial charge >= 0.3 is 0 Å². The lowest BCUT2D eigenvalue weighted by Crippen LogP contribution is -2.40. The summed E-state index contributed by atoms with van der Waals surface area (Å²) in [5.41, 5.74) is 0.831. The third kappa shape index (κ3) is 3.32. The van der Waals surface area contributed by atoms with Crippen LogP contribution in [0.3, 0.4) is 0 Å². The largest absolute Gasteiger partial charge is 0.389 e. The lowest BCUT2D eigenvalue weighted by molar-refractivity contribution is -0.131. The van der Waals surface area contributed by atoms with Gasteiger partial charge in [-0.25, -0.2) is 4.98 Å². The molecule has 102 valence electrons. The van der Waals surface area contributed by atoms with E-state index in [1.807, 2.05) is 18.3 Å². The molecular formula is C14H19N3O2. The SMILES string of the molecule is CN(CC(C)(C)O)C(=O)Cc1c[nH]c2ncccc12. The summed E-state index contributed by atoms with van der Waals surface area (Å²) in [4.78, 5) is 20.9. The molecule has 2 aromatic heterocycles. The number of aliphatic hydroxyl groups is 1. The second-order valence-electron chi connectivity index (χ2n) is 5.45. The minimum atomic E-state index is -0.883. The number of amides is 1. The van der Waals surface area contributed by atoms with Crippen molar-refractivity contribution in [2.24, 2.45) is 0 Å². The highest BCUT2D eigenvalue weighted by Crippen LogP contribution is 2.17. The molecule has 0 aliphatic heterocycles. The number of hydrogen-bond acceptors (Lipinski definition) is 3. The van der Waals surface area contributed by atoms with Gasteiger partial charge in [-0.1, -0.05) is 0 Å². The summed E-state index contributed by atoms with van der Waals surface area (Å²) in [6.45, 7) is 3.69. The van der Waals surface area contributed by atoms with E-state index in [0.29, 0.717) is 13.0 Å². The highest BCUT2D eigenvalue weighted by atomic mass is 16.3. The summed E-state index contributed by atoms with van der Waals surface area (Å²) in [5, 5.41) is 10.7. The van der Waals surface area contributed by atoms with Crippen LogP contribution in [0, 0.1) is 0 Å². The fourth-order valence-electron chi connectivity index (χ4n) is 2.13. The summed E-state index contributed by atoms with van der Waals surface area (Å²) in [7, 11) is 1.70. The van der Waals surface area contributed by atoms with E-state index in [-0.39, 0.29) is 5.91 Å². The van der Waals surface area contributed by atoms with Crippen LogP contribution in [0.25, 0.3) is 11.0 Å². The van der Waals surface area contributed by atoms with Crippen molar-refractivity contribution in [3.8, 4) is 0 Å². The van der Waals surface area contributed by atoms with Crippen LogP contribution in [-0.2, 0) is 11.2 Å². The average Bonchev–Trinajstić information content (AvgIpc) is 2.70. The van der Waals surface area contributed by atoms with E-state index in [1.54, 1.807) is 32.0 Å². The minimum absolute atomic E-state index is 0.0214. The van der Waals surface area contributed by atoms with E-state index in [9.17, 15) is 9.90 Å². The molecular weight excluding hydrogens is 242 g/mol. The predicted molar refractivity (Wildman–Crippen MR) is 73.7 cm³/mol. The Balaban J connectivity index is 2.11. The summed E-state index contributed by atoms with van der Waals surface area (Å²) in [6, 6.07) is 3.79. The first-order valence-electron chi connectivity index (χ1n) is 6.24. The molecule has 2 N–H and O–H groups in total. The molecule has 5 nitrogen and oxygen atoms in total. The van der Waals surface area contributed by atoms with E-state index >= 15 is 0 Å². The molecule has 0 atom stereocenters. The number of carbonyl (C=O) groups excluding carboxylic acids is 1. The molecule has 0 saturated heterocycles. The third-order valence-corrected chi connectivity index (χ3v) is 2.93. The van der Waals surface area contributed by atoms with Gasteiger partial charge in [-0.3, -0.25) is 4.79 Å². The first-order valence-corrected chi connectivity index (χ1v) is 6.24. The number of H-pyrrole nitrogens is 1. The number of hydrogen-bond donors (Lipinski definition) is 2. The molecule has 0 spiro atoms. The molecule has 0 fully saturated rings. The fourth-order valence-corrected chi connectivity index (χ4v) is 2.13. The van der Waals surface area contributed by atoms with Gasteiger partial charge in [0.1, 0.15) is 5.65 Å². The Morgan fingerprint density at radius 1 is 1.53 bits per heavy atom. The molecule has 0 aromatic carbocycles. The second kappa shape index (κ2) is 5.01. The molecule has 2 aromatic rings. The van der Waals surface area contributed by atoms with Crippen LogP contribution in [-0.4, -0.2) is 45.1 Å². The zero-order chi connectivity index (χ0) is 14.0. The number of aromatic amines is 1. The number of nitrogens with one attached hydrogen (secondary N) is 1. The number of pyridine rings is 1. The Labute approximate surface area is 112 Å². The van der Waals surface area contributed by atoms with Crippen molar-refractivity contribution in [3.05, 3.63) is 30.1 Å². The smallest absolute Gasteiger partial charge is 0.226 e. The zero-order valence-corrected chi connectivity index (χ0v) is 11.5. The van der Waals surface area contributed by atoms with Crippen LogP contribution >= 0.6 is 0 Å². The molecule has 1 amide bonds. The summed E-state index contributed by atoms with van der Waals surface area (Å²) < 4.78 is 0. The van der Waals surface area contributed by atoms with Gasteiger partial charge in [0.15, 0.2) is 0 Å². The first kappa shape index (κ1) is 13.5. The van der Waals surface area contributed by atoms with Crippen LogP contribution in [0.2, 0.25) is 0 Å². The quantitative estimate of drug-likeness (QED) is 0.872. The predicted octanol–water partition coefficient (Wildman–Crippen LogP) is 1.33. The van der Waals surface area contributed by atoms with Gasteiger partial charge in [0.2, 0.25) is 5.91 Å². The molecule has 0 radical (unpaired) electrons. The Morgan fingerprint density at radius 2 is 2.26 bits per heavy atom. The second-order valence-corrected chi connectivity index (χ2v) is 5.45. The molecule has 0 saturated carbocycles. The number of rotatable bonds is 4. The molecule has 0 aliphatic rings. The minimum Gasteiger partial charge on any atom is -0.389 e.